The molecule has 1 saturated carbocycles. The normalized spacial score (nSPS) is 15.5. The summed E-state index contributed by atoms with van der Waals surface area (Å²) in [5.74, 6) is -3.36. The van der Waals surface area contributed by atoms with Crippen molar-refractivity contribution in [2.24, 2.45) is 11.8 Å². The van der Waals surface area contributed by atoms with Crippen LogP contribution in [-0.4, -0.2) is 53.6 Å². The number of allylic oxidation sites excluding steroid dienone is 2. The molecule has 47 heavy (non-hydrogen) atoms. The third-order valence-electron chi connectivity index (χ3n) is 8.67. The van der Waals surface area contributed by atoms with E-state index < -0.39 is 47.8 Å². The van der Waals surface area contributed by atoms with Crippen LogP contribution in [0.4, 0.5) is 5.69 Å². The smallest absolute Gasteiger partial charge is 0.309 e. The summed E-state index contributed by atoms with van der Waals surface area (Å²) in [6.07, 6.45) is 7.18. The Kier molecular flexibility index (Phi) is 12.9. The molecule has 1 aliphatic rings. The van der Waals surface area contributed by atoms with Crippen LogP contribution in [0.25, 0.3) is 10.8 Å². The maximum Gasteiger partial charge on any atom is 0.309 e. The number of aliphatic hydroxyl groups excluding tert-OH is 1. The van der Waals surface area contributed by atoms with Gasteiger partial charge in [-0.2, -0.15) is 0 Å². The number of hydrogen-bond acceptors (Lipinski definition) is 6. The Bertz CT molecular complexity index is 1550. The molecule has 0 saturated heterocycles. The first-order valence-electron chi connectivity index (χ1n) is 16.2. The van der Waals surface area contributed by atoms with E-state index in [4.69, 9.17) is 4.74 Å². The molecule has 3 aromatic carbocycles. The maximum atomic E-state index is 13.6. The highest BCUT2D eigenvalue weighted by Gasteiger charge is 2.36. The topological polar surface area (TPSA) is 134 Å². The summed E-state index contributed by atoms with van der Waals surface area (Å²) in [7, 11) is 0. The van der Waals surface area contributed by atoms with Crippen LogP contribution in [0.1, 0.15) is 50.5 Å². The summed E-state index contributed by atoms with van der Waals surface area (Å²) in [6, 6.07) is 21.5. The molecule has 0 aliphatic heterocycles. The predicted octanol–water partition coefficient (Wildman–Crippen LogP) is 5.25. The van der Waals surface area contributed by atoms with Gasteiger partial charge in [0.2, 0.25) is 11.8 Å². The molecule has 9 heteroatoms. The lowest BCUT2D eigenvalue weighted by atomic mass is 9.95. The summed E-state index contributed by atoms with van der Waals surface area (Å²) >= 11 is 0. The molecule has 0 bridgehead atoms. The summed E-state index contributed by atoms with van der Waals surface area (Å²) in [4.78, 5) is 53.5. The number of anilines is 1. The molecule has 3 amide bonds. The van der Waals surface area contributed by atoms with Crippen LogP contribution in [0.3, 0.4) is 0 Å². The molecular formula is C38H45N3O6. The van der Waals surface area contributed by atoms with Gasteiger partial charge in [-0.25, -0.2) is 0 Å². The quantitative estimate of drug-likeness (QED) is 0.118. The van der Waals surface area contributed by atoms with Crippen molar-refractivity contribution in [2.75, 3.05) is 18.5 Å². The van der Waals surface area contributed by atoms with Crippen molar-refractivity contribution in [3.05, 3.63) is 104 Å². The summed E-state index contributed by atoms with van der Waals surface area (Å²) in [6.45, 7) is 6.94. The maximum absolute atomic E-state index is 13.6. The molecule has 0 aromatic heterocycles. The van der Waals surface area contributed by atoms with Gasteiger partial charge in [0, 0.05) is 12.1 Å². The van der Waals surface area contributed by atoms with Gasteiger partial charge in [0.25, 0.3) is 5.91 Å². The number of esters is 1. The average molecular weight is 640 g/mol. The van der Waals surface area contributed by atoms with Crippen LogP contribution in [0.5, 0.6) is 0 Å². The number of aliphatic hydroxyl groups is 1. The van der Waals surface area contributed by atoms with Crippen LogP contribution in [0.2, 0.25) is 0 Å². The van der Waals surface area contributed by atoms with Crippen molar-refractivity contribution in [1.82, 2.24) is 10.6 Å². The van der Waals surface area contributed by atoms with Crippen LogP contribution in [0, 0.1) is 11.8 Å². The lowest BCUT2D eigenvalue weighted by molar-refractivity contribution is -0.150. The van der Waals surface area contributed by atoms with E-state index in [1.807, 2.05) is 66.7 Å². The molecule has 1 fully saturated rings. The number of ether oxygens (including phenoxy) is 1. The minimum absolute atomic E-state index is 0.156. The molecule has 248 valence electrons. The predicted molar refractivity (Wildman–Crippen MR) is 183 cm³/mol. The first-order valence-corrected chi connectivity index (χ1v) is 16.2. The van der Waals surface area contributed by atoms with Crippen molar-refractivity contribution < 1.29 is 29.0 Å². The Morgan fingerprint density at radius 2 is 1.51 bits per heavy atom. The van der Waals surface area contributed by atoms with E-state index in [0.717, 1.165) is 29.2 Å². The van der Waals surface area contributed by atoms with E-state index in [-0.39, 0.29) is 25.4 Å². The Balaban J connectivity index is 1.49. The molecule has 3 unspecified atom stereocenters. The van der Waals surface area contributed by atoms with Crippen LogP contribution in [0.15, 0.2) is 98.1 Å². The van der Waals surface area contributed by atoms with Gasteiger partial charge >= 0.3 is 5.97 Å². The van der Waals surface area contributed by atoms with Gasteiger partial charge in [-0.05, 0) is 60.6 Å². The monoisotopic (exact) mass is 639 g/mol. The zero-order valence-corrected chi connectivity index (χ0v) is 26.8. The molecule has 4 rings (SSSR count). The molecule has 3 aromatic rings. The second-order valence-corrected chi connectivity index (χ2v) is 12.3. The van der Waals surface area contributed by atoms with Crippen molar-refractivity contribution in [1.29, 1.82) is 0 Å². The number of benzene rings is 3. The van der Waals surface area contributed by atoms with Gasteiger partial charge < -0.3 is 25.8 Å². The summed E-state index contributed by atoms with van der Waals surface area (Å²) < 4.78 is 5.67. The minimum Gasteiger partial charge on any atom is -0.463 e. The fourth-order valence-electron chi connectivity index (χ4n) is 6.04. The standard InChI is InChI=1S/C38H45N3O6/c1-3-12-30(24-34(43)41-38(26-42)20-10-11-21-38)35(44)40-33(36(45)39-32-19-18-28-16-8-9-17-29(28)23-32)25-47-37(46)31(13-4-2)22-27-14-6-5-7-15-27/h3-9,14-19,23,30-31,33,42H,1-2,10-13,20-22,24-26H2,(H,39,45)(H,40,44)(H,41,43). The molecule has 0 spiro atoms. The number of fused-ring (bicyclic) bond motifs is 1. The minimum atomic E-state index is -1.24. The van der Waals surface area contributed by atoms with E-state index in [9.17, 15) is 24.3 Å². The number of nitrogens with one attached hydrogen (secondary N) is 3. The second kappa shape index (κ2) is 17.2. The van der Waals surface area contributed by atoms with Crippen molar-refractivity contribution >= 4 is 40.2 Å². The zero-order valence-electron chi connectivity index (χ0n) is 26.8. The number of amides is 3. The van der Waals surface area contributed by atoms with Gasteiger partial charge in [-0.15, -0.1) is 13.2 Å². The number of rotatable bonds is 17. The molecule has 9 nitrogen and oxygen atoms in total. The molecule has 0 heterocycles. The van der Waals surface area contributed by atoms with Crippen LogP contribution >= 0.6 is 0 Å². The Labute approximate surface area is 276 Å². The SMILES string of the molecule is C=CCC(CC(=O)NC1(CO)CCCC1)C(=O)NC(COC(=O)C(CC=C)Cc1ccccc1)C(=O)Nc1ccc2ccccc2c1. The van der Waals surface area contributed by atoms with Crippen LogP contribution < -0.4 is 16.0 Å². The van der Waals surface area contributed by atoms with Gasteiger partial charge in [-0.3, -0.25) is 19.2 Å². The van der Waals surface area contributed by atoms with Crippen molar-refractivity contribution in [2.45, 2.75) is 62.9 Å². The highest BCUT2D eigenvalue weighted by atomic mass is 16.5. The van der Waals surface area contributed by atoms with E-state index >= 15 is 0 Å². The summed E-state index contributed by atoms with van der Waals surface area (Å²) in [5.41, 5.74) is 0.798. The number of carbonyl (C=O) groups is 4. The van der Waals surface area contributed by atoms with Gasteiger partial charge in [0.1, 0.15) is 12.6 Å². The average Bonchev–Trinajstić information content (AvgIpc) is 3.55. The highest BCUT2D eigenvalue weighted by Crippen LogP contribution is 2.29. The summed E-state index contributed by atoms with van der Waals surface area (Å²) in [5, 5.41) is 20.4. The molecule has 3 atom stereocenters. The largest absolute Gasteiger partial charge is 0.463 e. The zero-order chi connectivity index (χ0) is 33.6. The Hall–Kier alpha value is -4.76. The molecule has 0 radical (unpaired) electrons. The van der Waals surface area contributed by atoms with E-state index in [0.29, 0.717) is 31.4 Å². The lowest BCUT2D eigenvalue weighted by Gasteiger charge is -2.29. The Morgan fingerprint density at radius 3 is 2.19 bits per heavy atom. The van der Waals surface area contributed by atoms with Crippen molar-refractivity contribution in [3.8, 4) is 0 Å². The molecule has 1 aliphatic carbocycles. The Morgan fingerprint density at radius 1 is 0.851 bits per heavy atom. The molecule has 4 N–H and O–H groups in total. The first-order chi connectivity index (χ1) is 22.8. The number of hydrogen-bond donors (Lipinski definition) is 4. The fraction of sp³-hybridized carbons (Fsp3) is 0.368. The highest BCUT2D eigenvalue weighted by molar-refractivity contribution is 5.99. The number of carbonyl (C=O) groups excluding carboxylic acids is 4. The van der Waals surface area contributed by atoms with E-state index in [1.165, 1.54) is 0 Å². The van der Waals surface area contributed by atoms with Gasteiger partial charge in [-0.1, -0.05) is 85.7 Å². The second-order valence-electron chi connectivity index (χ2n) is 12.3. The lowest BCUT2D eigenvalue weighted by Crippen LogP contribution is -2.52. The van der Waals surface area contributed by atoms with Crippen LogP contribution in [-0.2, 0) is 30.3 Å². The first kappa shape index (κ1) is 35.1. The third-order valence-corrected chi connectivity index (χ3v) is 8.67. The fourth-order valence-corrected chi connectivity index (χ4v) is 6.04. The van der Waals surface area contributed by atoms with Gasteiger partial charge in [0.15, 0.2) is 0 Å². The third kappa shape index (κ3) is 10.1. The van der Waals surface area contributed by atoms with E-state index in [1.54, 1.807) is 18.2 Å². The van der Waals surface area contributed by atoms with E-state index in [2.05, 4.69) is 29.1 Å². The van der Waals surface area contributed by atoms with Crippen molar-refractivity contribution in [3.63, 3.8) is 0 Å². The molecular weight excluding hydrogens is 594 g/mol. The van der Waals surface area contributed by atoms with Gasteiger partial charge in [0.05, 0.1) is 24.0 Å².